The average molecular weight is 377 g/mol. The SMILES string of the molecule is NC(=O)c1cc(Br)c(C(F)F)c(I)n1. The zero-order valence-corrected chi connectivity index (χ0v) is 10.3. The molecule has 1 aromatic rings. The number of rotatable bonds is 2. The topological polar surface area (TPSA) is 56.0 Å². The Morgan fingerprint density at radius 3 is 2.57 bits per heavy atom. The third-order valence-electron chi connectivity index (χ3n) is 1.43. The molecule has 0 spiro atoms. The van der Waals surface area contributed by atoms with Crippen LogP contribution >= 0.6 is 38.5 Å². The van der Waals surface area contributed by atoms with Gasteiger partial charge in [-0.3, -0.25) is 4.79 Å². The number of aromatic nitrogens is 1. The molecule has 14 heavy (non-hydrogen) atoms. The normalized spacial score (nSPS) is 10.6. The highest BCUT2D eigenvalue weighted by molar-refractivity contribution is 14.1. The molecule has 1 rings (SSSR count). The third kappa shape index (κ3) is 2.38. The maximum absolute atomic E-state index is 12.4. The first-order valence-corrected chi connectivity index (χ1v) is 5.24. The fourth-order valence-electron chi connectivity index (χ4n) is 0.815. The van der Waals surface area contributed by atoms with Crippen LogP contribution in [0.5, 0.6) is 0 Å². The minimum absolute atomic E-state index is 0.0364. The van der Waals surface area contributed by atoms with E-state index in [9.17, 15) is 13.6 Å². The number of alkyl halides is 2. The second-order valence-electron chi connectivity index (χ2n) is 2.36. The van der Waals surface area contributed by atoms with Gasteiger partial charge in [0.15, 0.2) is 0 Å². The second kappa shape index (κ2) is 4.47. The Balaban J connectivity index is 3.32. The van der Waals surface area contributed by atoms with Gasteiger partial charge in [-0.1, -0.05) is 15.9 Å². The molecule has 0 atom stereocenters. The standard InChI is InChI=1S/C7H4BrF2IN2O/c8-2-1-3(7(12)14)13-6(11)4(2)5(9)10/h1,5H,(H2,12,14). The molecule has 0 aliphatic carbocycles. The van der Waals surface area contributed by atoms with E-state index in [0.29, 0.717) is 0 Å². The van der Waals surface area contributed by atoms with Gasteiger partial charge < -0.3 is 5.73 Å². The Morgan fingerprint density at radius 1 is 1.64 bits per heavy atom. The highest BCUT2D eigenvalue weighted by Crippen LogP contribution is 2.30. The summed E-state index contributed by atoms with van der Waals surface area (Å²) in [6.45, 7) is 0. The van der Waals surface area contributed by atoms with E-state index in [4.69, 9.17) is 5.73 Å². The molecule has 0 bridgehead atoms. The molecule has 1 heterocycles. The van der Waals surface area contributed by atoms with Gasteiger partial charge in [-0.2, -0.15) is 0 Å². The van der Waals surface area contributed by atoms with Gasteiger partial charge in [-0.05, 0) is 28.7 Å². The molecule has 0 aliphatic rings. The lowest BCUT2D eigenvalue weighted by atomic mass is 10.2. The summed E-state index contributed by atoms with van der Waals surface area (Å²) >= 11 is 4.57. The molecule has 0 radical (unpaired) electrons. The van der Waals surface area contributed by atoms with Crippen LogP contribution in [-0.4, -0.2) is 10.9 Å². The molecule has 7 heteroatoms. The summed E-state index contributed by atoms with van der Waals surface area (Å²) in [4.78, 5) is 14.4. The van der Waals surface area contributed by atoms with Gasteiger partial charge in [0.2, 0.25) is 0 Å². The van der Waals surface area contributed by atoms with Crippen molar-refractivity contribution >= 4 is 44.4 Å². The van der Waals surface area contributed by atoms with Gasteiger partial charge in [-0.25, -0.2) is 13.8 Å². The zero-order chi connectivity index (χ0) is 10.9. The van der Waals surface area contributed by atoms with Crippen LogP contribution in [0.3, 0.4) is 0 Å². The van der Waals surface area contributed by atoms with Crippen LogP contribution in [0.1, 0.15) is 22.5 Å². The predicted molar refractivity (Wildman–Crippen MR) is 58.1 cm³/mol. The Kier molecular flexibility index (Phi) is 3.76. The number of pyridine rings is 1. The first-order chi connectivity index (χ1) is 6.43. The molecule has 0 aromatic carbocycles. The van der Waals surface area contributed by atoms with Crippen LogP contribution < -0.4 is 5.73 Å². The number of nitrogens with zero attached hydrogens (tertiary/aromatic N) is 1. The van der Waals surface area contributed by atoms with E-state index >= 15 is 0 Å². The largest absolute Gasteiger partial charge is 0.364 e. The van der Waals surface area contributed by atoms with Gasteiger partial charge in [0, 0.05) is 4.47 Å². The number of primary amides is 1. The van der Waals surface area contributed by atoms with Crippen molar-refractivity contribution in [3.05, 3.63) is 25.5 Å². The van der Waals surface area contributed by atoms with E-state index in [1.165, 1.54) is 6.07 Å². The highest BCUT2D eigenvalue weighted by atomic mass is 127. The molecule has 0 fully saturated rings. The van der Waals surface area contributed by atoms with Crippen LogP contribution in [-0.2, 0) is 0 Å². The smallest absolute Gasteiger partial charge is 0.267 e. The minimum atomic E-state index is -2.63. The molecule has 2 N–H and O–H groups in total. The van der Waals surface area contributed by atoms with Gasteiger partial charge in [0.05, 0.1) is 5.56 Å². The maximum atomic E-state index is 12.4. The number of carbonyl (C=O) groups is 1. The molecule has 0 saturated carbocycles. The first-order valence-electron chi connectivity index (χ1n) is 3.37. The van der Waals surface area contributed by atoms with Crippen molar-refractivity contribution in [2.75, 3.05) is 0 Å². The number of halogens is 4. The minimum Gasteiger partial charge on any atom is -0.364 e. The van der Waals surface area contributed by atoms with Crippen LogP contribution in [0.4, 0.5) is 8.78 Å². The van der Waals surface area contributed by atoms with E-state index in [-0.39, 0.29) is 19.4 Å². The summed E-state index contributed by atoms with van der Waals surface area (Å²) in [5.41, 5.74) is 4.70. The predicted octanol–water partition coefficient (Wildman–Crippen LogP) is 2.49. The van der Waals surface area contributed by atoms with Crippen molar-refractivity contribution in [3.63, 3.8) is 0 Å². The first kappa shape index (κ1) is 11.8. The molecular formula is C7H4BrF2IN2O. The lowest BCUT2D eigenvalue weighted by molar-refractivity contribution is 0.0994. The molecule has 0 aliphatic heterocycles. The maximum Gasteiger partial charge on any atom is 0.267 e. The zero-order valence-electron chi connectivity index (χ0n) is 6.60. The summed E-state index contributed by atoms with van der Waals surface area (Å²) in [5.74, 6) is -0.746. The van der Waals surface area contributed by atoms with Crippen LogP contribution in [0.25, 0.3) is 0 Å². The molecule has 1 amide bonds. The quantitative estimate of drug-likeness (QED) is 0.636. The summed E-state index contributed by atoms with van der Waals surface area (Å²) in [5, 5.41) is 0. The molecule has 0 saturated heterocycles. The average Bonchev–Trinajstić information content (AvgIpc) is 2.01. The summed E-state index contributed by atoms with van der Waals surface area (Å²) in [7, 11) is 0. The van der Waals surface area contributed by atoms with E-state index in [1.807, 2.05) is 0 Å². The fourth-order valence-corrected chi connectivity index (χ4v) is 2.55. The van der Waals surface area contributed by atoms with Crippen molar-refractivity contribution in [1.29, 1.82) is 0 Å². The van der Waals surface area contributed by atoms with Gasteiger partial charge >= 0.3 is 0 Å². The summed E-state index contributed by atoms with van der Waals surface area (Å²) in [6, 6.07) is 1.19. The Morgan fingerprint density at radius 2 is 2.21 bits per heavy atom. The third-order valence-corrected chi connectivity index (χ3v) is 2.91. The molecule has 0 unspecified atom stereocenters. The van der Waals surface area contributed by atoms with Crippen LogP contribution in [0, 0.1) is 3.70 Å². The number of hydrogen-bond acceptors (Lipinski definition) is 2. The van der Waals surface area contributed by atoms with Crippen molar-refractivity contribution in [1.82, 2.24) is 4.98 Å². The lowest BCUT2D eigenvalue weighted by Gasteiger charge is -2.06. The van der Waals surface area contributed by atoms with Gasteiger partial charge in [-0.15, -0.1) is 0 Å². The van der Waals surface area contributed by atoms with Crippen molar-refractivity contribution in [2.24, 2.45) is 5.73 Å². The Bertz CT molecular complexity index is 363. The van der Waals surface area contributed by atoms with E-state index in [2.05, 4.69) is 20.9 Å². The number of nitrogens with two attached hydrogens (primary N) is 1. The monoisotopic (exact) mass is 376 g/mol. The summed E-state index contributed by atoms with van der Waals surface area (Å²) < 4.78 is 25.1. The van der Waals surface area contributed by atoms with E-state index in [0.717, 1.165) is 0 Å². The second-order valence-corrected chi connectivity index (χ2v) is 4.23. The number of carbonyl (C=O) groups excluding carboxylic acids is 1. The Hall–Kier alpha value is -0.310. The van der Waals surface area contributed by atoms with E-state index < -0.39 is 12.3 Å². The molecule has 3 nitrogen and oxygen atoms in total. The highest BCUT2D eigenvalue weighted by Gasteiger charge is 2.19. The fraction of sp³-hybridized carbons (Fsp3) is 0.143. The van der Waals surface area contributed by atoms with E-state index in [1.54, 1.807) is 22.6 Å². The Labute approximate surface area is 100 Å². The molecule has 76 valence electrons. The summed E-state index contributed by atoms with van der Waals surface area (Å²) in [6.07, 6.45) is -2.63. The molecular weight excluding hydrogens is 373 g/mol. The number of amides is 1. The van der Waals surface area contributed by atoms with Gasteiger partial charge in [0.25, 0.3) is 12.3 Å². The van der Waals surface area contributed by atoms with Crippen LogP contribution in [0.15, 0.2) is 10.5 Å². The number of hydrogen-bond donors (Lipinski definition) is 1. The van der Waals surface area contributed by atoms with Crippen molar-refractivity contribution in [2.45, 2.75) is 6.43 Å². The van der Waals surface area contributed by atoms with Crippen LogP contribution in [0.2, 0.25) is 0 Å². The lowest BCUT2D eigenvalue weighted by Crippen LogP contribution is -2.14. The molecule has 1 aromatic heterocycles. The van der Waals surface area contributed by atoms with Gasteiger partial charge in [0.1, 0.15) is 9.39 Å². The van der Waals surface area contributed by atoms with Crippen molar-refractivity contribution in [3.8, 4) is 0 Å². The van der Waals surface area contributed by atoms with Crippen molar-refractivity contribution < 1.29 is 13.6 Å².